The zero-order valence-corrected chi connectivity index (χ0v) is 15.2. The van der Waals surface area contributed by atoms with E-state index >= 15 is 0 Å². The van der Waals surface area contributed by atoms with Crippen molar-refractivity contribution in [1.29, 1.82) is 0 Å². The number of nitrogens with one attached hydrogen (secondary N) is 1. The van der Waals surface area contributed by atoms with E-state index in [0.29, 0.717) is 11.4 Å². The average molecular weight is 364 g/mol. The fourth-order valence-electron chi connectivity index (χ4n) is 2.46. The quantitative estimate of drug-likeness (QED) is 0.856. The maximum Gasteiger partial charge on any atom is 0.232 e. The highest BCUT2D eigenvalue weighted by atomic mass is 32.2. The Hall–Kier alpha value is -2.41. The Morgan fingerprint density at radius 1 is 1.16 bits per heavy atom. The minimum Gasteiger partial charge on any atom is -0.326 e. The average Bonchev–Trinajstić information content (AvgIpc) is 2.50. The van der Waals surface area contributed by atoms with E-state index in [0.717, 1.165) is 17.4 Å². The second-order valence-corrected chi connectivity index (χ2v) is 7.77. The van der Waals surface area contributed by atoms with Crippen molar-refractivity contribution in [2.24, 2.45) is 0 Å². The van der Waals surface area contributed by atoms with Crippen molar-refractivity contribution in [3.8, 4) is 0 Å². The summed E-state index contributed by atoms with van der Waals surface area (Å²) in [5, 5.41) is 2.57. The van der Waals surface area contributed by atoms with Crippen LogP contribution in [0.5, 0.6) is 0 Å². The first-order valence-electron chi connectivity index (χ1n) is 7.78. The number of nitrogens with zero attached hydrogens (tertiary/aromatic N) is 1. The summed E-state index contributed by atoms with van der Waals surface area (Å²) in [6, 6.07) is 10.9. The van der Waals surface area contributed by atoms with Crippen molar-refractivity contribution in [3.05, 3.63) is 59.4 Å². The third-order valence-corrected chi connectivity index (χ3v) is 5.08. The van der Waals surface area contributed by atoms with Gasteiger partial charge in [0.1, 0.15) is 5.82 Å². The first-order valence-corrected chi connectivity index (χ1v) is 9.62. The highest BCUT2D eigenvalue weighted by Crippen LogP contribution is 2.25. The molecule has 0 radical (unpaired) electrons. The molecule has 0 aliphatic rings. The summed E-state index contributed by atoms with van der Waals surface area (Å²) in [5.74, 6) is -0.837. The first kappa shape index (κ1) is 18.9. The Morgan fingerprint density at radius 2 is 1.84 bits per heavy atom. The number of amides is 1. The summed E-state index contributed by atoms with van der Waals surface area (Å²) in [6.45, 7) is 3.75. The molecule has 1 amide bonds. The van der Waals surface area contributed by atoms with Crippen LogP contribution in [0, 0.1) is 19.7 Å². The van der Waals surface area contributed by atoms with Crippen LogP contribution in [0.4, 0.5) is 15.8 Å². The molecule has 2 aromatic rings. The smallest absolute Gasteiger partial charge is 0.232 e. The van der Waals surface area contributed by atoms with Crippen molar-refractivity contribution < 1.29 is 17.6 Å². The molecule has 0 aromatic heterocycles. The first-order chi connectivity index (χ1) is 11.7. The number of hydrogen-bond donors (Lipinski definition) is 1. The Morgan fingerprint density at radius 3 is 2.48 bits per heavy atom. The number of rotatable bonds is 6. The van der Waals surface area contributed by atoms with Crippen molar-refractivity contribution in [2.45, 2.75) is 20.3 Å². The molecule has 134 valence electrons. The van der Waals surface area contributed by atoms with E-state index in [-0.39, 0.29) is 18.9 Å². The molecule has 25 heavy (non-hydrogen) atoms. The summed E-state index contributed by atoms with van der Waals surface area (Å²) in [5.41, 5.74) is 2.71. The topological polar surface area (TPSA) is 66.5 Å². The van der Waals surface area contributed by atoms with Crippen molar-refractivity contribution in [2.75, 3.05) is 22.4 Å². The van der Waals surface area contributed by atoms with E-state index in [1.54, 1.807) is 18.2 Å². The highest BCUT2D eigenvalue weighted by Gasteiger charge is 2.20. The molecular formula is C18H21FN2O3S. The van der Waals surface area contributed by atoms with Crippen LogP contribution in [0.2, 0.25) is 0 Å². The van der Waals surface area contributed by atoms with Crippen LogP contribution >= 0.6 is 0 Å². The number of sulfonamides is 1. The Labute approximate surface area is 147 Å². The molecule has 2 rings (SSSR count). The zero-order valence-electron chi connectivity index (χ0n) is 14.4. The maximum atomic E-state index is 13.2. The largest absolute Gasteiger partial charge is 0.326 e. The van der Waals surface area contributed by atoms with Crippen LogP contribution in [0.1, 0.15) is 17.5 Å². The number of benzene rings is 2. The molecule has 0 saturated heterocycles. The number of halogens is 1. The van der Waals surface area contributed by atoms with Gasteiger partial charge in [0.15, 0.2) is 0 Å². The van der Waals surface area contributed by atoms with Crippen LogP contribution in [0.3, 0.4) is 0 Å². The summed E-state index contributed by atoms with van der Waals surface area (Å²) in [7, 11) is -3.54. The molecule has 2 aromatic carbocycles. The number of anilines is 2. The molecular weight excluding hydrogens is 343 g/mol. The van der Waals surface area contributed by atoms with Gasteiger partial charge in [-0.2, -0.15) is 0 Å². The van der Waals surface area contributed by atoms with Crippen molar-refractivity contribution in [3.63, 3.8) is 0 Å². The van der Waals surface area contributed by atoms with Gasteiger partial charge in [-0.25, -0.2) is 12.8 Å². The van der Waals surface area contributed by atoms with E-state index in [1.807, 2.05) is 19.9 Å². The monoisotopic (exact) mass is 364 g/mol. The van der Waals surface area contributed by atoms with Gasteiger partial charge in [0.25, 0.3) is 0 Å². The van der Waals surface area contributed by atoms with Gasteiger partial charge >= 0.3 is 0 Å². The molecule has 0 spiro atoms. The van der Waals surface area contributed by atoms with Gasteiger partial charge in [-0.1, -0.05) is 18.2 Å². The molecule has 0 aliphatic carbocycles. The molecule has 0 bridgehead atoms. The molecule has 0 unspecified atom stereocenters. The standard InChI is InChI=1S/C18H21FN2O3S/c1-13-6-4-9-17(14(13)2)21(25(3,23)24)11-10-18(22)20-16-8-5-7-15(19)12-16/h4-9,12H,10-11H2,1-3H3,(H,20,22). The molecule has 7 heteroatoms. The molecule has 0 fully saturated rings. The second-order valence-electron chi connectivity index (χ2n) is 5.86. The van der Waals surface area contributed by atoms with E-state index in [9.17, 15) is 17.6 Å². The van der Waals surface area contributed by atoms with Crippen LogP contribution in [0.25, 0.3) is 0 Å². The fourth-order valence-corrected chi connectivity index (χ4v) is 3.44. The third-order valence-electron chi connectivity index (χ3n) is 3.90. The van der Waals surface area contributed by atoms with Gasteiger partial charge in [0.05, 0.1) is 11.9 Å². The minimum absolute atomic E-state index is 0.00424. The van der Waals surface area contributed by atoms with Gasteiger partial charge < -0.3 is 5.32 Å². The zero-order chi connectivity index (χ0) is 18.6. The van der Waals surface area contributed by atoms with Gasteiger partial charge in [0, 0.05) is 18.7 Å². The summed E-state index contributed by atoms with van der Waals surface area (Å²) in [6.07, 6.45) is 1.07. The fraction of sp³-hybridized carbons (Fsp3) is 0.278. The summed E-state index contributed by atoms with van der Waals surface area (Å²) < 4.78 is 38.7. The number of aryl methyl sites for hydroxylation is 1. The van der Waals surface area contributed by atoms with Crippen LogP contribution < -0.4 is 9.62 Å². The van der Waals surface area contributed by atoms with E-state index in [2.05, 4.69) is 5.32 Å². The van der Waals surface area contributed by atoms with Crippen molar-refractivity contribution >= 4 is 27.3 Å². The number of hydrogen-bond acceptors (Lipinski definition) is 3. The normalized spacial score (nSPS) is 11.2. The van der Waals surface area contributed by atoms with Gasteiger partial charge in [-0.15, -0.1) is 0 Å². The second kappa shape index (κ2) is 7.65. The predicted molar refractivity (Wildman–Crippen MR) is 97.8 cm³/mol. The SMILES string of the molecule is Cc1cccc(N(CCC(=O)Nc2cccc(F)c2)S(C)(=O)=O)c1C. The predicted octanol–water partition coefficient (Wildman–Crippen LogP) is 3.24. The highest BCUT2D eigenvalue weighted by molar-refractivity contribution is 7.92. The number of carbonyl (C=O) groups is 1. The molecule has 1 N–H and O–H groups in total. The lowest BCUT2D eigenvalue weighted by Gasteiger charge is -2.24. The molecule has 0 heterocycles. The lowest BCUT2D eigenvalue weighted by atomic mass is 10.1. The molecule has 0 atom stereocenters. The Balaban J connectivity index is 2.13. The minimum atomic E-state index is -3.54. The lowest BCUT2D eigenvalue weighted by Crippen LogP contribution is -2.33. The maximum absolute atomic E-state index is 13.2. The van der Waals surface area contributed by atoms with Gasteiger partial charge in [-0.3, -0.25) is 9.10 Å². The molecule has 5 nitrogen and oxygen atoms in total. The summed E-state index contributed by atoms with van der Waals surface area (Å²) in [4.78, 5) is 12.1. The van der Waals surface area contributed by atoms with E-state index < -0.39 is 15.8 Å². The lowest BCUT2D eigenvalue weighted by molar-refractivity contribution is -0.116. The van der Waals surface area contributed by atoms with E-state index in [1.165, 1.54) is 22.5 Å². The molecule has 0 saturated carbocycles. The molecule has 0 aliphatic heterocycles. The van der Waals surface area contributed by atoms with Crippen molar-refractivity contribution in [1.82, 2.24) is 0 Å². The summed E-state index contributed by atoms with van der Waals surface area (Å²) >= 11 is 0. The van der Waals surface area contributed by atoms with Crippen LogP contribution in [-0.2, 0) is 14.8 Å². The third kappa shape index (κ3) is 5.03. The Kier molecular flexibility index (Phi) is 5.79. The van der Waals surface area contributed by atoms with Crippen LogP contribution in [0.15, 0.2) is 42.5 Å². The Bertz CT molecular complexity index is 882. The van der Waals surface area contributed by atoms with E-state index in [4.69, 9.17) is 0 Å². The number of carbonyl (C=O) groups excluding carboxylic acids is 1. The van der Waals surface area contributed by atoms with Crippen LogP contribution in [-0.4, -0.2) is 27.1 Å². The van der Waals surface area contributed by atoms with Gasteiger partial charge in [-0.05, 0) is 49.2 Å². The van der Waals surface area contributed by atoms with Gasteiger partial charge in [0.2, 0.25) is 15.9 Å².